The molecule has 0 aromatic heterocycles. The summed E-state index contributed by atoms with van der Waals surface area (Å²) >= 11 is 0. The van der Waals surface area contributed by atoms with Gasteiger partial charge >= 0.3 is 0 Å². The molecule has 1 aromatic rings. The Balaban J connectivity index is 2.42. The Bertz CT molecular complexity index is 253. The molecule has 1 aliphatic carbocycles. The molecule has 52 valence electrons. The second kappa shape index (κ2) is 2.01. The van der Waals surface area contributed by atoms with Crippen LogP contribution in [0.2, 0.25) is 0 Å². The van der Waals surface area contributed by atoms with E-state index in [1.54, 1.807) is 7.11 Å². The summed E-state index contributed by atoms with van der Waals surface area (Å²) in [6, 6.07) is 6.30. The maximum absolute atomic E-state index is 5.08. The molecular formula is C9H10O. The predicted octanol–water partition coefficient (Wildman–Crippen LogP) is 1.79. The summed E-state index contributed by atoms with van der Waals surface area (Å²) < 4.78 is 5.08. The lowest BCUT2D eigenvalue weighted by atomic mass is 9.89. The smallest absolute Gasteiger partial charge is 0.119 e. The number of hydrogen-bond donors (Lipinski definition) is 0. The molecule has 0 aliphatic heterocycles. The lowest BCUT2D eigenvalue weighted by molar-refractivity contribution is 0.413. The van der Waals surface area contributed by atoms with Crippen LogP contribution in [0.15, 0.2) is 18.2 Å². The van der Waals surface area contributed by atoms with Crippen LogP contribution in [0.1, 0.15) is 11.1 Å². The minimum absolute atomic E-state index is 0.985. The molecule has 2 rings (SSSR count). The van der Waals surface area contributed by atoms with Crippen LogP contribution in [0.4, 0.5) is 0 Å². The Morgan fingerprint density at radius 2 is 2.00 bits per heavy atom. The van der Waals surface area contributed by atoms with Gasteiger partial charge in [-0.15, -0.1) is 0 Å². The highest BCUT2D eigenvalue weighted by atomic mass is 16.5. The van der Waals surface area contributed by atoms with Crippen molar-refractivity contribution >= 4 is 0 Å². The van der Waals surface area contributed by atoms with Crippen LogP contribution in [0.3, 0.4) is 0 Å². The predicted molar refractivity (Wildman–Crippen MR) is 40.4 cm³/mol. The quantitative estimate of drug-likeness (QED) is 0.569. The van der Waals surface area contributed by atoms with Gasteiger partial charge in [-0.3, -0.25) is 0 Å². The molecule has 1 heteroatoms. The molecule has 0 fully saturated rings. The Morgan fingerprint density at radius 3 is 2.50 bits per heavy atom. The molecule has 0 N–H and O–H groups in total. The third-order valence-corrected chi connectivity index (χ3v) is 2.08. The summed E-state index contributed by atoms with van der Waals surface area (Å²) in [4.78, 5) is 0. The van der Waals surface area contributed by atoms with Gasteiger partial charge in [0.2, 0.25) is 0 Å². The lowest BCUT2D eigenvalue weighted by Crippen LogP contribution is -2.07. The van der Waals surface area contributed by atoms with E-state index in [2.05, 4.69) is 12.1 Å². The number of rotatable bonds is 1. The van der Waals surface area contributed by atoms with Gasteiger partial charge in [0.25, 0.3) is 0 Å². The molecule has 1 aliphatic rings. The summed E-state index contributed by atoms with van der Waals surface area (Å²) in [5.41, 5.74) is 2.94. The third-order valence-electron chi connectivity index (χ3n) is 2.08. The Morgan fingerprint density at radius 1 is 1.20 bits per heavy atom. The highest BCUT2D eigenvalue weighted by Gasteiger charge is 2.12. The molecule has 1 aromatic carbocycles. The summed E-state index contributed by atoms with van der Waals surface area (Å²) in [5, 5.41) is 0. The second-order valence-corrected chi connectivity index (χ2v) is 2.63. The van der Waals surface area contributed by atoms with Crippen molar-refractivity contribution in [3.63, 3.8) is 0 Å². The van der Waals surface area contributed by atoms with Crippen molar-refractivity contribution < 1.29 is 4.74 Å². The SMILES string of the molecule is COc1ccc2c(c1)CC2. The Labute approximate surface area is 60.6 Å². The van der Waals surface area contributed by atoms with Gasteiger partial charge in [-0.2, -0.15) is 0 Å². The van der Waals surface area contributed by atoms with Crippen LogP contribution in [-0.2, 0) is 12.8 Å². The standard InChI is InChI=1S/C9H10O/c1-10-9-5-4-7-2-3-8(7)6-9/h4-6H,2-3H2,1H3. The molecule has 0 bridgehead atoms. The maximum atomic E-state index is 5.08. The summed E-state index contributed by atoms with van der Waals surface area (Å²) in [6.07, 6.45) is 2.48. The Hall–Kier alpha value is -0.980. The third kappa shape index (κ3) is 0.703. The number of ether oxygens (including phenoxy) is 1. The van der Waals surface area contributed by atoms with Gasteiger partial charge in [-0.25, -0.2) is 0 Å². The largest absolute Gasteiger partial charge is 0.497 e. The number of hydrogen-bond acceptors (Lipinski definition) is 1. The van der Waals surface area contributed by atoms with Gasteiger partial charge in [0, 0.05) is 0 Å². The van der Waals surface area contributed by atoms with E-state index in [1.807, 2.05) is 6.07 Å². The lowest BCUT2D eigenvalue weighted by Gasteiger charge is -2.18. The van der Waals surface area contributed by atoms with E-state index in [1.165, 1.54) is 24.0 Å². The van der Waals surface area contributed by atoms with Crippen LogP contribution in [0.5, 0.6) is 5.75 Å². The molecule has 0 amide bonds. The van der Waals surface area contributed by atoms with Gasteiger partial charge in [-0.1, -0.05) is 6.07 Å². The van der Waals surface area contributed by atoms with Crippen molar-refractivity contribution in [3.8, 4) is 5.75 Å². The fourth-order valence-electron chi connectivity index (χ4n) is 1.30. The molecule has 0 radical (unpaired) electrons. The van der Waals surface area contributed by atoms with E-state index in [4.69, 9.17) is 4.74 Å². The van der Waals surface area contributed by atoms with Gasteiger partial charge in [0.05, 0.1) is 7.11 Å². The van der Waals surface area contributed by atoms with Gasteiger partial charge in [-0.05, 0) is 36.1 Å². The highest BCUT2D eigenvalue weighted by molar-refractivity contribution is 5.41. The maximum Gasteiger partial charge on any atom is 0.119 e. The van der Waals surface area contributed by atoms with Crippen LogP contribution in [0, 0.1) is 0 Å². The molecule has 1 nitrogen and oxygen atoms in total. The molecule has 0 spiro atoms. The second-order valence-electron chi connectivity index (χ2n) is 2.63. The fraction of sp³-hybridized carbons (Fsp3) is 0.333. The number of aryl methyl sites for hydroxylation is 2. The van der Waals surface area contributed by atoms with Crippen molar-refractivity contribution in [2.24, 2.45) is 0 Å². The van der Waals surface area contributed by atoms with E-state index in [0.29, 0.717) is 0 Å². The van der Waals surface area contributed by atoms with Crippen molar-refractivity contribution in [1.29, 1.82) is 0 Å². The number of benzene rings is 1. The zero-order chi connectivity index (χ0) is 6.97. The van der Waals surface area contributed by atoms with Gasteiger partial charge < -0.3 is 4.74 Å². The van der Waals surface area contributed by atoms with E-state index in [0.717, 1.165) is 5.75 Å². The number of fused-ring (bicyclic) bond motifs is 1. The van der Waals surface area contributed by atoms with Crippen LogP contribution >= 0.6 is 0 Å². The van der Waals surface area contributed by atoms with Crippen LogP contribution in [0.25, 0.3) is 0 Å². The van der Waals surface area contributed by atoms with E-state index < -0.39 is 0 Å². The van der Waals surface area contributed by atoms with Crippen molar-refractivity contribution in [2.45, 2.75) is 12.8 Å². The first-order valence-corrected chi connectivity index (χ1v) is 3.56. The monoisotopic (exact) mass is 134 g/mol. The zero-order valence-corrected chi connectivity index (χ0v) is 6.05. The van der Waals surface area contributed by atoms with E-state index in [9.17, 15) is 0 Å². The van der Waals surface area contributed by atoms with Crippen LogP contribution < -0.4 is 4.74 Å². The van der Waals surface area contributed by atoms with Gasteiger partial charge in [0.15, 0.2) is 0 Å². The molecule has 0 saturated heterocycles. The minimum Gasteiger partial charge on any atom is -0.497 e. The summed E-state index contributed by atoms with van der Waals surface area (Å²) in [6.45, 7) is 0. The normalized spacial score (nSPS) is 13.7. The average Bonchev–Trinajstić information content (AvgIpc) is 1.92. The zero-order valence-electron chi connectivity index (χ0n) is 6.05. The average molecular weight is 134 g/mol. The molecule has 0 atom stereocenters. The molecule has 0 unspecified atom stereocenters. The van der Waals surface area contributed by atoms with Crippen molar-refractivity contribution in [1.82, 2.24) is 0 Å². The molecular weight excluding hydrogens is 124 g/mol. The summed E-state index contributed by atoms with van der Waals surface area (Å²) in [7, 11) is 1.71. The fourth-order valence-corrected chi connectivity index (χ4v) is 1.30. The first-order chi connectivity index (χ1) is 4.90. The highest BCUT2D eigenvalue weighted by Crippen LogP contribution is 2.26. The van der Waals surface area contributed by atoms with E-state index >= 15 is 0 Å². The minimum atomic E-state index is 0.985. The molecule has 10 heavy (non-hydrogen) atoms. The van der Waals surface area contributed by atoms with Crippen molar-refractivity contribution in [2.75, 3.05) is 7.11 Å². The first kappa shape index (κ1) is 5.78. The first-order valence-electron chi connectivity index (χ1n) is 3.56. The molecule has 0 heterocycles. The van der Waals surface area contributed by atoms with Crippen LogP contribution in [-0.4, -0.2) is 7.11 Å². The molecule has 0 saturated carbocycles. The van der Waals surface area contributed by atoms with Crippen molar-refractivity contribution in [3.05, 3.63) is 29.3 Å². The van der Waals surface area contributed by atoms with Gasteiger partial charge in [0.1, 0.15) is 5.75 Å². The Kier molecular flexibility index (Phi) is 1.16. The number of methoxy groups -OCH3 is 1. The topological polar surface area (TPSA) is 9.23 Å². The van der Waals surface area contributed by atoms with E-state index in [-0.39, 0.29) is 0 Å². The summed E-state index contributed by atoms with van der Waals surface area (Å²) in [5.74, 6) is 0.985.